The fourth-order valence-electron chi connectivity index (χ4n) is 5.42. The van der Waals surface area contributed by atoms with Gasteiger partial charge in [0, 0.05) is 23.0 Å². The van der Waals surface area contributed by atoms with Gasteiger partial charge in [0.25, 0.3) is 5.91 Å². The van der Waals surface area contributed by atoms with Crippen LogP contribution >= 0.6 is 0 Å². The van der Waals surface area contributed by atoms with E-state index in [1.54, 1.807) is 4.90 Å². The van der Waals surface area contributed by atoms with E-state index >= 15 is 0 Å². The molecule has 1 fully saturated rings. The quantitative estimate of drug-likeness (QED) is 0.385. The summed E-state index contributed by atoms with van der Waals surface area (Å²) < 4.78 is 0. The molecule has 3 heterocycles. The first-order valence-corrected chi connectivity index (χ1v) is 11.9. The molecule has 0 radical (unpaired) electrons. The highest BCUT2D eigenvalue weighted by Gasteiger charge is 2.53. The zero-order valence-electron chi connectivity index (χ0n) is 19.6. The minimum absolute atomic E-state index is 0.157. The number of benzene rings is 3. The van der Waals surface area contributed by atoms with E-state index in [9.17, 15) is 9.59 Å². The number of urea groups is 1. The van der Waals surface area contributed by atoms with Crippen molar-refractivity contribution >= 4 is 28.5 Å². The monoisotopic (exact) mass is 449 g/mol. The minimum atomic E-state index is -0.532. The Morgan fingerprint density at radius 1 is 0.912 bits per heavy atom. The maximum Gasteiger partial charge on any atom is 0.332 e. The summed E-state index contributed by atoms with van der Waals surface area (Å²) >= 11 is 0. The van der Waals surface area contributed by atoms with Crippen molar-refractivity contribution in [1.29, 1.82) is 0 Å². The van der Waals surface area contributed by atoms with Crippen molar-refractivity contribution in [2.75, 3.05) is 4.90 Å². The van der Waals surface area contributed by atoms with E-state index in [-0.39, 0.29) is 18.0 Å². The summed E-state index contributed by atoms with van der Waals surface area (Å²) in [6, 6.07) is 23.1. The van der Waals surface area contributed by atoms with Gasteiger partial charge >= 0.3 is 6.03 Å². The molecule has 2 aliphatic heterocycles. The van der Waals surface area contributed by atoms with Crippen LogP contribution < -0.4 is 4.90 Å². The Balaban J connectivity index is 1.49. The molecule has 4 aromatic rings. The summed E-state index contributed by atoms with van der Waals surface area (Å²) in [4.78, 5) is 34.3. The highest BCUT2D eigenvalue weighted by Crippen LogP contribution is 2.44. The lowest BCUT2D eigenvalue weighted by Crippen LogP contribution is -2.44. The number of amides is 3. The average Bonchev–Trinajstić information content (AvgIpc) is 3.33. The standard InChI is InChI=1S/C29H27N3O2/c1-17(2)19-12-14-21(15-13-19)31-28(33)25-16-23-22-6-4-5-7-24(22)30-26(23)27(32(25)29(31)34)20-10-8-18(3)9-11-20/h4-15,17,25,27,30H,16H2,1-3H3. The second-order valence-corrected chi connectivity index (χ2v) is 9.71. The van der Waals surface area contributed by atoms with Gasteiger partial charge in [0.15, 0.2) is 0 Å². The van der Waals surface area contributed by atoms with Crippen LogP contribution in [-0.2, 0) is 11.2 Å². The molecule has 34 heavy (non-hydrogen) atoms. The van der Waals surface area contributed by atoms with E-state index in [2.05, 4.69) is 62.2 Å². The van der Waals surface area contributed by atoms with Crippen molar-refractivity contribution < 1.29 is 9.59 Å². The molecule has 3 aromatic carbocycles. The first-order chi connectivity index (χ1) is 16.4. The molecule has 2 atom stereocenters. The number of imide groups is 1. The predicted octanol–water partition coefficient (Wildman–Crippen LogP) is 6.08. The molecule has 2 aliphatic rings. The Kier molecular flexibility index (Phi) is 4.63. The highest BCUT2D eigenvalue weighted by molar-refractivity contribution is 6.22. The van der Waals surface area contributed by atoms with E-state index in [0.717, 1.165) is 33.3 Å². The van der Waals surface area contributed by atoms with Gasteiger partial charge in [0.1, 0.15) is 12.1 Å². The molecular formula is C29H27N3O2. The van der Waals surface area contributed by atoms with Gasteiger partial charge in [-0.05, 0) is 47.7 Å². The summed E-state index contributed by atoms with van der Waals surface area (Å²) in [5, 5.41) is 1.12. The zero-order chi connectivity index (χ0) is 23.6. The molecule has 6 rings (SSSR count). The molecule has 5 nitrogen and oxygen atoms in total. The van der Waals surface area contributed by atoms with Crippen LogP contribution in [0.1, 0.15) is 53.8 Å². The Hall–Kier alpha value is -3.86. The second-order valence-electron chi connectivity index (χ2n) is 9.71. The number of para-hydroxylation sites is 1. The number of fused-ring (bicyclic) bond motifs is 4. The first kappa shape index (κ1) is 20.7. The zero-order valence-corrected chi connectivity index (χ0v) is 19.6. The lowest BCUT2D eigenvalue weighted by molar-refractivity contribution is -0.120. The van der Waals surface area contributed by atoms with Gasteiger partial charge < -0.3 is 4.98 Å². The van der Waals surface area contributed by atoms with E-state index in [1.165, 1.54) is 10.5 Å². The van der Waals surface area contributed by atoms with Gasteiger partial charge in [-0.1, -0.05) is 74.0 Å². The van der Waals surface area contributed by atoms with Crippen LogP contribution in [0.15, 0.2) is 72.8 Å². The van der Waals surface area contributed by atoms with Crippen LogP contribution in [0.2, 0.25) is 0 Å². The van der Waals surface area contributed by atoms with E-state index in [1.807, 2.05) is 36.4 Å². The Labute approximate surface area is 199 Å². The summed E-state index contributed by atoms with van der Waals surface area (Å²) in [6.07, 6.45) is 0.507. The molecule has 0 aliphatic carbocycles. The third-order valence-corrected chi connectivity index (χ3v) is 7.26. The minimum Gasteiger partial charge on any atom is -0.356 e. The van der Waals surface area contributed by atoms with Gasteiger partial charge in [-0.15, -0.1) is 0 Å². The number of hydrogen-bond donors (Lipinski definition) is 1. The number of anilines is 1. The molecule has 170 valence electrons. The Bertz CT molecular complexity index is 1420. The molecule has 3 amide bonds. The van der Waals surface area contributed by atoms with Crippen molar-refractivity contribution in [3.63, 3.8) is 0 Å². The lowest BCUT2D eigenvalue weighted by Gasteiger charge is -2.36. The number of rotatable bonds is 3. The third-order valence-electron chi connectivity index (χ3n) is 7.26. The predicted molar refractivity (Wildman–Crippen MR) is 134 cm³/mol. The second kappa shape index (κ2) is 7.59. The number of aromatic amines is 1. The maximum atomic E-state index is 13.9. The van der Waals surface area contributed by atoms with Crippen molar-refractivity contribution in [2.45, 2.75) is 45.2 Å². The number of hydrogen-bond acceptors (Lipinski definition) is 2. The Morgan fingerprint density at radius 2 is 1.62 bits per heavy atom. The fraction of sp³-hybridized carbons (Fsp3) is 0.241. The summed E-state index contributed by atoms with van der Waals surface area (Å²) in [5.41, 5.74) is 7.13. The van der Waals surface area contributed by atoms with Crippen molar-refractivity contribution in [1.82, 2.24) is 9.88 Å². The molecule has 0 saturated carbocycles. The molecule has 0 bridgehead atoms. The topological polar surface area (TPSA) is 56.4 Å². The van der Waals surface area contributed by atoms with Crippen LogP contribution in [0.3, 0.4) is 0 Å². The number of carbonyl (C=O) groups excluding carboxylic acids is 2. The summed E-state index contributed by atoms with van der Waals surface area (Å²) in [5.74, 6) is 0.227. The van der Waals surface area contributed by atoms with Crippen molar-refractivity contribution in [3.05, 3.63) is 101 Å². The van der Waals surface area contributed by atoms with Gasteiger partial charge in [-0.2, -0.15) is 0 Å². The third kappa shape index (κ3) is 3.00. The van der Waals surface area contributed by atoms with E-state index < -0.39 is 6.04 Å². The number of aromatic nitrogens is 1. The first-order valence-electron chi connectivity index (χ1n) is 11.9. The van der Waals surface area contributed by atoms with Crippen LogP contribution in [-0.4, -0.2) is 27.9 Å². The van der Waals surface area contributed by atoms with Crippen molar-refractivity contribution in [2.24, 2.45) is 0 Å². The molecule has 2 unspecified atom stereocenters. The van der Waals surface area contributed by atoms with Gasteiger partial charge in [0.05, 0.1) is 5.69 Å². The van der Waals surface area contributed by atoms with Crippen LogP contribution in [0.25, 0.3) is 10.9 Å². The largest absolute Gasteiger partial charge is 0.356 e. The maximum absolute atomic E-state index is 13.9. The number of H-pyrrole nitrogens is 1. The molecule has 5 heteroatoms. The summed E-state index contributed by atoms with van der Waals surface area (Å²) in [6.45, 7) is 6.31. The molecule has 1 N–H and O–H groups in total. The van der Waals surface area contributed by atoms with Crippen molar-refractivity contribution in [3.8, 4) is 0 Å². The van der Waals surface area contributed by atoms with Gasteiger partial charge in [-0.3, -0.25) is 9.69 Å². The molecule has 1 aromatic heterocycles. The van der Waals surface area contributed by atoms with Crippen LogP contribution in [0.5, 0.6) is 0 Å². The van der Waals surface area contributed by atoms with Gasteiger partial charge in [0.2, 0.25) is 0 Å². The lowest BCUT2D eigenvalue weighted by atomic mass is 9.88. The SMILES string of the molecule is Cc1ccc(C2c3[nH]c4ccccc4c3CC3C(=O)N(c4ccc(C(C)C)cc4)C(=O)N32)cc1. The number of nitrogens with one attached hydrogen (secondary N) is 1. The smallest absolute Gasteiger partial charge is 0.332 e. The average molecular weight is 450 g/mol. The number of carbonyl (C=O) groups is 2. The fourth-order valence-corrected chi connectivity index (χ4v) is 5.42. The normalized spacial score (nSPS) is 19.8. The van der Waals surface area contributed by atoms with Crippen LogP contribution in [0.4, 0.5) is 10.5 Å². The van der Waals surface area contributed by atoms with E-state index in [0.29, 0.717) is 18.0 Å². The molecule has 1 saturated heterocycles. The summed E-state index contributed by atoms with van der Waals surface area (Å²) in [7, 11) is 0. The molecular weight excluding hydrogens is 422 g/mol. The number of aryl methyl sites for hydroxylation is 1. The Morgan fingerprint density at radius 3 is 2.32 bits per heavy atom. The van der Waals surface area contributed by atoms with Crippen LogP contribution in [0, 0.1) is 6.92 Å². The van der Waals surface area contributed by atoms with Gasteiger partial charge in [-0.25, -0.2) is 9.69 Å². The number of nitrogens with zero attached hydrogens (tertiary/aromatic N) is 2. The van der Waals surface area contributed by atoms with E-state index in [4.69, 9.17) is 0 Å². The highest BCUT2D eigenvalue weighted by atomic mass is 16.2. The molecule has 0 spiro atoms.